The van der Waals surface area contributed by atoms with Crippen LogP contribution in [-0.2, 0) is 11.2 Å². The number of pyridine rings is 1. The Balaban J connectivity index is 1.98. The zero-order valence-corrected chi connectivity index (χ0v) is 12.4. The van der Waals surface area contributed by atoms with Crippen molar-refractivity contribution in [1.82, 2.24) is 4.98 Å². The third kappa shape index (κ3) is 5.28. The average Bonchev–Trinajstić information content (AvgIpc) is 2.47. The molecule has 4 nitrogen and oxygen atoms in total. The second kappa shape index (κ2) is 7.13. The van der Waals surface area contributed by atoms with Crippen LogP contribution in [0.5, 0.6) is 5.75 Å². The van der Waals surface area contributed by atoms with Gasteiger partial charge in [-0.15, -0.1) is 13.2 Å². The molecule has 1 amide bonds. The van der Waals surface area contributed by atoms with Crippen LogP contribution < -0.4 is 10.1 Å². The number of carbonyl (C=O) groups is 1. The highest BCUT2D eigenvalue weighted by Gasteiger charge is 2.31. The summed E-state index contributed by atoms with van der Waals surface area (Å²) in [6.45, 7) is 1.80. The maximum atomic E-state index is 12.3. The predicted octanol–water partition coefficient (Wildman–Crippen LogP) is 3.86. The molecule has 23 heavy (non-hydrogen) atoms. The highest BCUT2D eigenvalue weighted by molar-refractivity contribution is 5.90. The number of rotatable bonds is 5. The Hall–Kier alpha value is -2.57. The van der Waals surface area contributed by atoms with Crippen LogP contribution >= 0.6 is 0 Å². The molecule has 1 heterocycles. The number of nitrogens with one attached hydrogen (secondary N) is 1. The Bertz CT molecular complexity index is 687. The maximum Gasteiger partial charge on any atom is 0.573 e. The van der Waals surface area contributed by atoms with Crippen LogP contribution in [0, 0.1) is 6.92 Å². The molecule has 0 unspecified atom stereocenters. The molecule has 122 valence electrons. The van der Waals surface area contributed by atoms with Crippen LogP contribution in [0.1, 0.15) is 17.5 Å². The van der Waals surface area contributed by atoms with E-state index in [0.29, 0.717) is 11.4 Å². The predicted molar refractivity (Wildman–Crippen MR) is 79.0 cm³/mol. The first-order chi connectivity index (χ1) is 10.8. The molecule has 0 radical (unpaired) electrons. The zero-order chi connectivity index (χ0) is 16.9. The van der Waals surface area contributed by atoms with Gasteiger partial charge < -0.3 is 10.1 Å². The number of nitrogens with zero attached hydrogens (tertiary/aromatic N) is 1. The van der Waals surface area contributed by atoms with Gasteiger partial charge in [-0.1, -0.05) is 24.3 Å². The molecule has 0 saturated carbocycles. The Morgan fingerprint density at radius 1 is 1.22 bits per heavy atom. The van der Waals surface area contributed by atoms with E-state index in [1.54, 1.807) is 31.3 Å². The van der Waals surface area contributed by atoms with Gasteiger partial charge in [-0.25, -0.2) is 4.98 Å². The largest absolute Gasteiger partial charge is 0.573 e. The number of halogens is 3. The Morgan fingerprint density at radius 2 is 1.96 bits per heavy atom. The number of alkyl halides is 3. The van der Waals surface area contributed by atoms with E-state index < -0.39 is 6.36 Å². The number of amides is 1. The fourth-order valence-electron chi connectivity index (χ4n) is 1.99. The second-order valence-corrected chi connectivity index (χ2v) is 4.87. The SMILES string of the molecule is Cc1cccnc1NC(=O)CCc1ccccc1OC(F)(F)F. The fraction of sp³-hybridized carbons (Fsp3) is 0.250. The molecule has 0 bridgehead atoms. The molecule has 0 aliphatic heterocycles. The standard InChI is InChI=1S/C16H15F3N2O2/c1-11-5-4-10-20-15(11)21-14(22)9-8-12-6-2-3-7-13(12)23-16(17,18)19/h2-7,10H,8-9H2,1H3,(H,20,21,22). The topological polar surface area (TPSA) is 51.2 Å². The summed E-state index contributed by atoms with van der Waals surface area (Å²) in [6, 6.07) is 9.32. The minimum Gasteiger partial charge on any atom is -0.406 e. The van der Waals surface area contributed by atoms with Crippen molar-refractivity contribution in [3.63, 3.8) is 0 Å². The second-order valence-electron chi connectivity index (χ2n) is 4.87. The van der Waals surface area contributed by atoms with E-state index in [-0.39, 0.29) is 24.5 Å². The van der Waals surface area contributed by atoms with Gasteiger partial charge in [0.2, 0.25) is 5.91 Å². The summed E-state index contributed by atoms with van der Waals surface area (Å²) in [5.74, 6) is -0.173. The van der Waals surface area contributed by atoms with Gasteiger partial charge in [0.15, 0.2) is 0 Å². The number of ether oxygens (including phenoxy) is 1. The molecular weight excluding hydrogens is 309 g/mol. The summed E-state index contributed by atoms with van der Waals surface area (Å²) in [4.78, 5) is 16.0. The van der Waals surface area contributed by atoms with E-state index in [4.69, 9.17) is 0 Å². The molecule has 1 N–H and O–H groups in total. The third-order valence-corrected chi connectivity index (χ3v) is 3.09. The van der Waals surface area contributed by atoms with Crippen LogP contribution in [0.3, 0.4) is 0 Å². The number of carbonyl (C=O) groups excluding carboxylic acids is 1. The molecule has 0 aliphatic carbocycles. The molecular formula is C16H15F3N2O2. The number of anilines is 1. The summed E-state index contributed by atoms with van der Waals surface area (Å²) < 4.78 is 41.0. The summed E-state index contributed by atoms with van der Waals surface area (Å²) in [7, 11) is 0. The molecule has 1 aromatic heterocycles. The number of hydrogen-bond acceptors (Lipinski definition) is 3. The van der Waals surface area contributed by atoms with Gasteiger partial charge in [-0.05, 0) is 36.6 Å². The molecule has 0 atom stereocenters. The first-order valence-electron chi connectivity index (χ1n) is 6.90. The van der Waals surface area contributed by atoms with Crippen LogP contribution in [0.2, 0.25) is 0 Å². The van der Waals surface area contributed by atoms with Crippen molar-refractivity contribution in [2.24, 2.45) is 0 Å². The lowest BCUT2D eigenvalue weighted by Crippen LogP contribution is -2.19. The minimum atomic E-state index is -4.76. The summed E-state index contributed by atoms with van der Waals surface area (Å²) in [5.41, 5.74) is 1.12. The summed E-state index contributed by atoms with van der Waals surface area (Å²) in [5, 5.41) is 2.64. The normalized spacial score (nSPS) is 11.1. The first-order valence-corrected chi connectivity index (χ1v) is 6.90. The Kier molecular flexibility index (Phi) is 5.20. The van der Waals surface area contributed by atoms with Gasteiger partial charge in [0.1, 0.15) is 11.6 Å². The lowest BCUT2D eigenvalue weighted by molar-refractivity contribution is -0.274. The molecule has 0 spiro atoms. The van der Waals surface area contributed by atoms with Crippen molar-refractivity contribution in [2.45, 2.75) is 26.1 Å². The van der Waals surface area contributed by atoms with Crippen molar-refractivity contribution < 1.29 is 22.7 Å². The van der Waals surface area contributed by atoms with Gasteiger partial charge in [-0.2, -0.15) is 0 Å². The van der Waals surface area contributed by atoms with E-state index in [2.05, 4.69) is 15.0 Å². The average molecular weight is 324 g/mol. The molecule has 0 saturated heterocycles. The number of para-hydroxylation sites is 1. The van der Waals surface area contributed by atoms with Gasteiger partial charge >= 0.3 is 6.36 Å². The molecule has 0 aliphatic rings. The van der Waals surface area contributed by atoms with E-state index in [0.717, 1.165) is 5.56 Å². The van der Waals surface area contributed by atoms with Gasteiger partial charge in [0, 0.05) is 12.6 Å². The van der Waals surface area contributed by atoms with Gasteiger partial charge in [0.25, 0.3) is 0 Å². The minimum absolute atomic E-state index is 0.0221. The number of hydrogen-bond donors (Lipinski definition) is 1. The first kappa shape index (κ1) is 16.8. The third-order valence-electron chi connectivity index (χ3n) is 3.09. The number of aryl methyl sites for hydroxylation is 2. The van der Waals surface area contributed by atoms with Gasteiger partial charge in [-0.3, -0.25) is 4.79 Å². The highest BCUT2D eigenvalue weighted by atomic mass is 19.4. The maximum absolute atomic E-state index is 12.3. The lowest BCUT2D eigenvalue weighted by Gasteiger charge is -2.13. The van der Waals surface area contributed by atoms with Crippen LogP contribution in [0.15, 0.2) is 42.6 Å². The van der Waals surface area contributed by atoms with Gasteiger partial charge in [0.05, 0.1) is 0 Å². The van der Waals surface area contributed by atoms with E-state index in [1.165, 1.54) is 18.2 Å². The van der Waals surface area contributed by atoms with Crippen molar-refractivity contribution in [3.8, 4) is 5.75 Å². The zero-order valence-electron chi connectivity index (χ0n) is 12.4. The monoisotopic (exact) mass is 324 g/mol. The molecule has 0 fully saturated rings. The molecule has 1 aromatic carbocycles. The molecule has 2 rings (SSSR count). The van der Waals surface area contributed by atoms with Crippen LogP contribution in [-0.4, -0.2) is 17.3 Å². The Labute approximate surface area is 131 Å². The van der Waals surface area contributed by atoms with E-state index >= 15 is 0 Å². The molecule has 7 heteroatoms. The lowest BCUT2D eigenvalue weighted by atomic mass is 10.1. The van der Waals surface area contributed by atoms with Crippen molar-refractivity contribution in [2.75, 3.05) is 5.32 Å². The molecule has 2 aromatic rings. The fourth-order valence-corrected chi connectivity index (χ4v) is 1.99. The van der Waals surface area contributed by atoms with Crippen LogP contribution in [0.4, 0.5) is 19.0 Å². The van der Waals surface area contributed by atoms with Crippen molar-refractivity contribution in [3.05, 3.63) is 53.7 Å². The summed E-state index contributed by atoms with van der Waals surface area (Å²) in [6.07, 6.45) is -3.06. The van der Waals surface area contributed by atoms with Crippen molar-refractivity contribution >= 4 is 11.7 Å². The quantitative estimate of drug-likeness (QED) is 0.908. The smallest absolute Gasteiger partial charge is 0.406 e. The van der Waals surface area contributed by atoms with E-state index in [1.807, 2.05) is 0 Å². The number of aromatic nitrogens is 1. The van der Waals surface area contributed by atoms with Crippen LogP contribution in [0.25, 0.3) is 0 Å². The highest BCUT2D eigenvalue weighted by Crippen LogP contribution is 2.27. The van der Waals surface area contributed by atoms with E-state index in [9.17, 15) is 18.0 Å². The Morgan fingerprint density at radius 3 is 2.65 bits per heavy atom. The van der Waals surface area contributed by atoms with Crippen molar-refractivity contribution in [1.29, 1.82) is 0 Å². The summed E-state index contributed by atoms with van der Waals surface area (Å²) >= 11 is 0. The number of benzene rings is 1.